The Morgan fingerprint density at radius 3 is 3.15 bits per heavy atom. The maximum Gasteiger partial charge on any atom is 0.257 e. The molecule has 0 aliphatic carbocycles. The molecule has 5 nitrogen and oxygen atoms in total. The van der Waals surface area contributed by atoms with Gasteiger partial charge in [-0.25, -0.2) is 9.97 Å². The van der Waals surface area contributed by atoms with E-state index in [0.29, 0.717) is 11.5 Å². The number of nitrogens with zero attached hydrogens (tertiary/aromatic N) is 3. The monoisotopic (exact) mass is 277 g/mol. The molecule has 1 amide bonds. The highest BCUT2D eigenvalue weighted by atomic mass is 16.5. The molecule has 1 saturated heterocycles. The van der Waals surface area contributed by atoms with E-state index in [1.165, 1.54) is 12.7 Å². The average molecular weight is 277 g/mol. The molecule has 5 heteroatoms. The van der Waals surface area contributed by atoms with Gasteiger partial charge in [-0.05, 0) is 38.5 Å². The van der Waals surface area contributed by atoms with E-state index < -0.39 is 0 Å². The fourth-order valence-corrected chi connectivity index (χ4v) is 2.77. The van der Waals surface area contributed by atoms with Crippen LogP contribution in [0.1, 0.15) is 41.7 Å². The summed E-state index contributed by atoms with van der Waals surface area (Å²) < 4.78 is 5.10. The molecular weight excluding hydrogens is 254 g/mol. The molecule has 20 heavy (non-hydrogen) atoms. The van der Waals surface area contributed by atoms with Crippen LogP contribution in [0.2, 0.25) is 0 Å². The van der Waals surface area contributed by atoms with Crippen molar-refractivity contribution in [1.29, 1.82) is 0 Å². The molecule has 1 fully saturated rings. The third-order valence-corrected chi connectivity index (χ3v) is 3.91. The maximum absolute atomic E-state index is 12.5. The summed E-state index contributed by atoms with van der Waals surface area (Å²) in [6, 6.07) is 0. The van der Waals surface area contributed by atoms with Crippen molar-refractivity contribution in [3.8, 4) is 0 Å². The van der Waals surface area contributed by atoms with Crippen molar-refractivity contribution < 1.29 is 9.53 Å². The molecule has 0 radical (unpaired) electrons. The van der Waals surface area contributed by atoms with Crippen molar-refractivity contribution >= 4 is 5.91 Å². The molecule has 1 aliphatic heterocycles. The topological polar surface area (TPSA) is 55.3 Å². The van der Waals surface area contributed by atoms with Crippen molar-refractivity contribution in [1.82, 2.24) is 14.9 Å². The van der Waals surface area contributed by atoms with Gasteiger partial charge in [-0.15, -0.1) is 0 Å². The number of carbonyl (C=O) groups is 1. The minimum absolute atomic E-state index is 0.0690. The highest BCUT2D eigenvalue weighted by Crippen LogP contribution is 2.22. The zero-order valence-electron chi connectivity index (χ0n) is 12.3. The molecule has 0 N–H and O–H groups in total. The largest absolute Gasteiger partial charge is 0.385 e. The normalized spacial score (nSPS) is 19.1. The number of hydrogen-bond donors (Lipinski definition) is 0. The lowest BCUT2D eigenvalue weighted by Gasteiger charge is -2.33. The molecule has 1 atom stereocenters. The van der Waals surface area contributed by atoms with E-state index in [1.54, 1.807) is 13.3 Å². The minimum Gasteiger partial charge on any atom is -0.385 e. The first-order chi connectivity index (χ1) is 9.72. The van der Waals surface area contributed by atoms with Crippen LogP contribution in [0, 0.1) is 12.8 Å². The van der Waals surface area contributed by atoms with Crippen molar-refractivity contribution in [2.24, 2.45) is 5.92 Å². The predicted molar refractivity (Wildman–Crippen MR) is 76.5 cm³/mol. The van der Waals surface area contributed by atoms with Crippen LogP contribution in [0.4, 0.5) is 0 Å². The maximum atomic E-state index is 12.5. The molecule has 110 valence electrons. The lowest BCUT2D eigenvalue weighted by atomic mass is 9.93. The smallest absolute Gasteiger partial charge is 0.257 e. The molecule has 0 saturated carbocycles. The summed E-state index contributed by atoms with van der Waals surface area (Å²) in [5.74, 6) is 0.660. The number of methoxy groups -OCH3 is 1. The van der Waals surface area contributed by atoms with Crippen molar-refractivity contribution in [2.45, 2.75) is 32.6 Å². The number of piperidine rings is 1. The molecule has 1 unspecified atom stereocenters. The number of aryl methyl sites for hydroxylation is 1. The number of hydrogen-bond acceptors (Lipinski definition) is 4. The van der Waals surface area contributed by atoms with Gasteiger partial charge >= 0.3 is 0 Å². The van der Waals surface area contributed by atoms with Crippen LogP contribution in [0.15, 0.2) is 12.5 Å². The van der Waals surface area contributed by atoms with Gasteiger partial charge in [0.2, 0.25) is 0 Å². The van der Waals surface area contributed by atoms with E-state index in [1.807, 2.05) is 11.8 Å². The number of ether oxygens (including phenoxy) is 1. The van der Waals surface area contributed by atoms with Gasteiger partial charge in [0.05, 0.1) is 11.3 Å². The Kier molecular flexibility index (Phi) is 5.47. The summed E-state index contributed by atoms with van der Waals surface area (Å²) in [5, 5.41) is 0. The number of amides is 1. The third kappa shape index (κ3) is 3.76. The van der Waals surface area contributed by atoms with Crippen LogP contribution in [0.3, 0.4) is 0 Å². The minimum atomic E-state index is 0.0690. The summed E-state index contributed by atoms with van der Waals surface area (Å²) >= 11 is 0. The lowest BCUT2D eigenvalue weighted by Crippen LogP contribution is -2.40. The van der Waals surface area contributed by atoms with Crippen molar-refractivity contribution in [3.63, 3.8) is 0 Å². The van der Waals surface area contributed by atoms with E-state index in [4.69, 9.17) is 4.74 Å². The molecule has 0 bridgehead atoms. The molecule has 1 aromatic heterocycles. The highest BCUT2D eigenvalue weighted by molar-refractivity contribution is 5.94. The molecule has 2 rings (SSSR count). The Balaban J connectivity index is 1.95. The van der Waals surface area contributed by atoms with E-state index in [9.17, 15) is 4.79 Å². The van der Waals surface area contributed by atoms with Gasteiger partial charge in [-0.2, -0.15) is 0 Å². The van der Waals surface area contributed by atoms with Gasteiger partial charge in [-0.1, -0.05) is 0 Å². The number of carbonyl (C=O) groups excluding carboxylic acids is 1. The van der Waals surface area contributed by atoms with Gasteiger partial charge in [0.15, 0.2) is 0 Å². The summed E-state index contributed by atoms with van der Waals surface area (Å²) in [5.41, 5.74) is 1.39. The van der Waals surface area contributed by atoms with Crippen LogP contribution in [0.5, 0.6) is 0 Å². The van der Waals surface area contributed by atoms with Gasteiger partial charge in [0.1, 0.15) is 6.33 Å². The molecule has 0 aromatic carbocycles. The van der Waals surface area contributed by atoms with E-state index in [-0.39, 0.29) is 5.91 Å². The Labute approximate surface area is 120 Å². The third-order valence-electron chi connectivity index (χ3n) is 3.91. The van der Waals surface area contributed by atoms with Gasteiger partial charge in [0.25, 0.3) is 5.91 Å². The zero-order chi connectivity index (χ0) is 14.4. The number of rotatable bonds is 5. The van der Waals surface area contributed by atoms with Crippen molar-refractivity contribution in [3.05, 3.63) is 23.8 Å². The first-order valence-corrected chi connectivity index (χ1v) is 7.27. The fraction of sp³-hybridized carbons (Fsp3) is 0.667. The quantitative estimate of drug-likeness (QED) is 0.773. The Morgan fingerprint density at radius 2 is 2.40 bits per heavy atom. The van der Waals surface area contributed by atoms with E-state index in [0.717, 1.165) is 44.7 Å². The zero-order valence-corrected chi connectivity index (χ0v) is 12.3. The van der Waals surface area contributed by atoms with Crippen molar-refractivity contribution in [2.75, 3.05) is 26.8 Å². The van der Waals surface area contributed by atoms with Crippen LogP contribution >= 0.6 is 0 Å². The first kappa shape index (κ1) is 14.9. The van der Waals surface area contributed by atoms with E-state index >= 15 is 0 Å². The number of aromatic nitrogens is 2. The predicted octanol–water partition coefficient (Wildman–Crippen LogP) is 2.06. The Morgan fingerprint density at radius 1 is 1.55 bits per heavy atom. The average Bonchev–Trinajstić information content (AvgIpc) is 2.48. The highest BCUT2D eigenvalue weighted by Gasteiger charge is 2.25. The molecular formula is C15H23N3O2. The van der Waals surface area contributed by atoms with Gasteiger partial charge in [-0.3, -0.25) is 4.79 Å². The van der Waals surface area contributed by atoms with Gasteiger partial charge in [0, 0.05) is 33.0 Å². The molecule has 1 aliphatic rings. The lowest BCUT2D eigenvalue weighted by molar-refractivity contribution is 0.0659. The SMILES string of the molecule is COCCCC1CCCN(C(=O)c2cncnc2C)C1. The number of likely N-dealkylation sites (tertiary alicyclic amines) is 1. The molecule has 2 heterocycles. The van der Waals surface area contributed by atoms with Crippen LogP contribution in [0.25, 0.3) is 0 Å². The van der Waals surface area contributed by atoms with Gasteiger partial charge < -0.3 is 9.64 Å². The molecule has 0 spiro atoms. The van der Waals surface area contributed by atoms with Crippen LogP contribution < -0.4 is 0 Å². The Bertz CT molecular complexity index is 450. The van der Waals surface area contributed by atoms with Crippen LogP contribution in [-0.4, -0.2) is 47.6 Å². The standard InChI is InChI=1S/C15H23N3O2/c1-12-14(9-16-11-17-12)15(19)18-7-3-5-13(10-18)6-4-8-20-2/h9,11,13H,3-8,10H2,1-2H3. The fourth-order valence-electron chi connectivity index (χ4n) is 2.77. The second kappa shape index (κ2) is 7.33. The second-order valence-electron chi connectivity index (χ2n) is 5.42. The molecule has 1 aromatic rings. The summed E-state index contributed by atoms with van der Waals surface area (Å²) in [6.45, 7) is 4.34. The van der Waals surface area contributed by atoms with Crippen LogP contribution in [-0.2, 0) is 4.74 Å². The first-order valence-electron chi connectivity index (χ1n) is 7.27. The second-order valence-corrected chi connectivity index (χ2v) is 5.42. The summed E-state index contributed by atoms with van der Waals surface area (Å²) in [4.78, 5) is 22.5. The summed E-state index contributed by atoms with van der Waals surface area (Å²) in [6.07, 6.45) is 7.58. The summed E-state index contributed by atoms with van der Waals surface area (Å²) in [7, 11) is 1.73. The van der Waals surface area contributed by atoms with E-state index in [2.05, 4.69) is 9.97 Å². The Hall–Kier alpha value is -1.49.